The van der Waals surface area contributed by atoms with E-state index in [9.17, 15) is 5.21 Å². The zero-order valence-electron chi connectivity index (χ0n) is 14.2. The molecule has 3 nitrogen and oxygen atoms in total. The van der Waals surface area contributed by atoms with Crippen molar-refractivity contribution in [1.82, 2.24) is 0 Å². The molecule has 0 fully saturated rings. The molecule has 0 aliphatic rings. The van der Waals surface area contributed by atoms with E-state index >= 15 is 0 Å². The first-order valence-corrected chi connectivity index (χ1v) is 8.59. The molecule has 122 valence electrons. The minimum atomic E-state index is 0.567. The van der Waals surface area contributed by atoms with Gasteiger partial charge in [-0.25, -0.2) is 0 Å². The highest BCUT2D eigenvalue weighted by atomic mass is 16.5. The fourth-order valence-corrected chi connectivity index (χ4v) is 2.55. The lowest BCUT2D eigenvalue weighted by atomic mass is 10.1. The van der Waals surface area contributed by atoms with Gasteiger partial charge >= 0.3 is 0 Å². The summed E-state index contributed by atoms with van der Waals surface area (Å²) in [6.07, 6.45) is 6.94. The molecule has 0 aliphatic carbocycles. The monoisotopic (exact) mass is 310 g/mol. The Balaban J connectivity index is 2.02. The van der Waals surface area contributed by atoms with E-state index in [-0.39, 0.29) is 0 Å². The molecule has 0 saturated heterocycles. The Morgan fingerprint density at radius 3 is 2.00 bits per heavy atom. The molecule has 0 N–H and O–H groups in total. The predicted molar refractivity (Wildman–Crippen MR) is 95.5 cm³/mol. The topological polar surface area (TPSA) is 38.4 Å². The fourth-order valence-electron chi connectivity index (χ4n) is 2.55. The van der Waals surface area contributed by atoms with Crippen molar-refractivity contribution >= 4 is 11.4 Å². The van der Waals surface area contributed by atoms with Crippen molar-refractivity contribution < 1.29 is 4.86 Å². The number of benzene rings is 2. The highest BCUT2D eigenvalue weighted by molar-refractivity contribution is 5.38. The molecule has 0 atom stereocenters. The maximum Gasteiger partial charge on any atom is 0.244 e. The number of aryl methyl sites for hydroxylation is 2. The van der Waals surface area contributed by atoms with Gasteiger partial charge in [-0.2, -0.15) is 0 Å². The van der Waals surface area contributed by atoms with Crippen LogP contribution < -0.4 is 0 Å². The third kappa shape index (κ3) is 5.51. The Kier molecular flexibility index (Phi) is 6.79. The van der Waals surface area contributed by atoms with E-state index in [1.807, 2.05) is 36.4 Å². The summed E-state index contributed by atoms with van der Waals surface area (Å²) in [6, 6.07) is 15.6. The van der Waals surface area contributed by atoms with Crippen LogP contribution in [-0.2, 0) is 12.8 Å². The summed E-state index contributed by atoms with van der Waals surface area (Å²) in [6.45, 7) is 4.36. The summed E-state index contributed by atoms with van der Waals surface area (Å²) < 4.78 is 0. The largest absolute Gasteiger partial charge is 0.594 e. The summed E-state index contributed by atoms with van der Waals surface area (Å²) >= 11 is 0. The van der Waals surface area contributed by atoms with E-state index in [0.29, 0.717) is 16.2 Å². The minimum Gasteiger partial charge on any atom is -0.594 e. The van der Waals surface area contributed by atoms with E-state index in [1.54, 1.807) is 0 Å². The Labute approximate surface area is 139 Å². The summed E-state index contributed by atoms with van der Waals surface area (Å²) in [5.74, 6) is 0. The number of hydrogen-bond acceptors (Lipinski definition) is 2. The Morgan fingerprint density at radius 2 is 1.39 bits per heavy atom. The summed E-state index contributed by atoms with van der Waals surface area (Å²) in [5, 5.41) is 16.2. The number of nitrogens with zero attached hydrogens (tertiary/aromatic N) is 2. The SMILES string of the molecule is CCCCCc1ccc(N=[N+]([O-])c2ccc(CCC)cc2)cc1. The predicted octanol–water partition coefficient (Wildman–Crippen LogP) is 6.30. The number of azo groups is 1. The molecule has 0 saturated carbocycles. The molecule has 2 aromatic carbocycles. The second kappa shape index (κ2) is 9.09. The lowest BCUT2D eigenvalue weighted by Crippen LogP contribution is -1.91. The van der Waals surface area contributed by atoms with E-state index in [0.717, 1.165) is 19.3 Å². The Morgan fingerprint density at radius 1 is 0.783 bits per heavy atom. The normalized spacial score (nSPS) is 11.7. The van der Waals surface area contributed by atoms with Crippen LogP contribution in [0.5, 0.6) is 0 Å². The Hall–Kier alpha value is -2.16. The highest BCUT2D eigenvalue weighted by Gasteiger charge is 2.04. The second-order valence-corrected chi connectivity index (χ2v) is 5.91. The molecule has 3 heteroatoms. The first-order chi connectivity index (χ1) is 11.2. The van der Waals surface area contributed by atoms with Crippen molar-refractivity contribution in [3.8, 4) is 0 Å². The third-order valence-electron chi connectivity index (χ3n) is 3.91. The van der Waals surface area contributed by atoms with Gasteiger partial charge in [0.2, 0.25) is 5.69 Å². The zero-order valence-corrected chi connectivity index (χ0v) is 14.2. The van der Waals surface area contributed by atoms with Gasteiger partial charge in [-0.15, -0.1) is 0 Å². The van der Waals surface area contributed by atoms with Gasteiger partial charge in [0.15, 0.2) is 0 Å². The average molecular weight is 310 g/mol. The van der Waals surface area contributed by atoms with Crippen LogP contribution in [-0.4, -0.2) is 4.86 Å². The molecule has 2 rings (SSSR count). The van der Waals surface area contributed by atoms with Crippen LogP contribution in [0, 0.1) is 5.21 Å². The van der Waals surface area contributed by atoms with Crippen molar-refractivity contribution in [2.24, 2.45) is 5.11 Å². The second-order valence-electron chi connectivity index (χ2n) is 5.91. The van der Waals surface area contributed by atoms with Crippen LogP contribution in [0.15, 0.2) is 53.6 Å². The van der Waals surface area contributed by atoms with E-state index < -0.39 is 0 Å². The van der Waals surface area contributed by atoms with E-state index in [1.165, 1.54) is 30.4 Å². The maximum atomic E-state index is 12.1. The minimum absolute atomic E-state index is 0.567. The first kappa shape index (κ1) is 17.2. The molecular formula is C20H26N2O. The molecule has 0 unspecified atom stereocenters. The Bertz CT molecular complexity index is 615. The van der Waals surface area contributed by atoms with Crippen LogP contribution in [0.4, 0.5) is 11.4 Å². The number of hydrogen-bond donors (Lipinski definition) is 0. The van der Waals surface area contributed by atoms with Crippen molar-refractivity contribution in [3.63, 3.8) is 0 Å². The van der Waals surface area contributed by atoms with Gasteiger partial charge in [-0.3, -0.25) is 0 Å². The summed E-state index contributed by atoms with van der Waals surface area (Å²) in [7, 11) is 0. The zero-order chi connectivity index (χ0) is 16.5. The number of rotatable bonds is 8. The van der Waals surface area contributed by atoms with Crippen molar-refractivity contribution in [2.45, 2.75) is 52.4 Å². The van der Waals surface area contributed by atoms with Crippen LogP contribution in [0.3, 0.4) is 0 Å². The summed E-state index contributed by atoms with van der Waals surface area (Å²) in [5.41, 5.74) is 3.81. The van der Waals surface area contributed by atoms with E-state index in [2.05, 4.69) is 31.1 Å². The van der Waals surface area contributed by atoms with Crippen molar-refractivity contribution in [2.75, 3.05) is 0 Å². The third-order valence-corrected chi connectivity index (χ3v) is 3.91. The van der Waals surface area contributed by atoms with Gasteiger partial charge in [0.25, 0.3) is 0 Å². The molecule has 0 aromatic heterocycles. The molecule has 2 aromatic rings. The summed E-state index contributed by atoms with van der Waals surface area (Å²) in [4.78, 5) is 0.696. The fraction of sp³-hybridized carbons (Fsp3) is 0.400. The molecule has 0 bridgehead atoms. The molecule has 0 spiro atoms. The van der Waals surface area contributed by atoms with Gasteiger partial charge in [-0.05, 0) is 42.5 Å². The smallest absolute Gasteiger partial charge is 0.244 e. The van der Waals surface area contributed by atoms with Crippen LogP contribution in [0.1, 0.15) is 50.7 Å². The molecule has 0 heterocycles. The molecular weight excluding hydrogens is 284 g/mol. The van der Waals surface area contributed by atoms with Crippen LogP contribution in [0.2, 0.25) is 0 Å². The van der Waals surface area contributed by atoms with Gasteiger partial charge < -0.3 is 5.21 Å². The quantitative estimate of drug-likeness (QED) is 0.244. The average Bonchev–Trinajstić information content (AvgIpc) is 2.57. The highest BCUT2D eigenvalue weighted by Crippen LogP contribution is 2.19. The lowest BCUT2D eigenvalue weighted by Gasteiger charge is -2.03. The number of unbranched alkanes of at least 4 members (excludes halogenated alkanes) is 2. The van der Waals surface area contributed by atoms with Crippen LogP contribution >= 0.6 is 0 Å². The maximum absolute atomic E-state index is 12.1. The molecule has 23 heavy (non-hydrogen) atoms. The molecule has 0 aliphatic heterocycles. The van der Waals surface area contributed by atoms with Gasteiger partial charge in [0.05, 0.1) is 0 Å². The van der Waals surface area contributed by atoms with Crippen LogP contribution in [0.25, 0.3) is 0 Å². The molecule has 0 radical (unpaired) electrons. The van der Waals surface area contributed by atoms with Gasteiger partial charge in [-0.1, -0.05) is 62.2 Å². The van der Waals surface area contributed by atoms with Gasteiger partial charge in [0, 0.05) is 17.2 Å². The van der Waals surface area contributed by atoms with Crippen molar-refractivity contribution in [3.05, 3.63) is 64.9 Å². The first-order valence-electron chi connectivity index (χ1n) is 8.59. The lowest BCUT2D eigenvalue weighted by molar-refractivity contribution is -0.435. The van der Waals surface area contributed by atoms with Crippen molar-refractivity contribution in [1.29, 1.82) is 0 Å². The standard InChI is InChI=1S/C20H26N2O/c1-3-5-6-8-18-9-13-19(14-10-18)21-22(23)20-15-11-17(7-4-2)12-16-20/h9-16H,3-8H2,1-2H3. The van der Waals surface area contributed by atoms with Gasteiger partial charge in [0.1, 0.15) is 5.69 Å². The molecule has 0 amide bonds. The van der Waals surface area contributed by atoms with E-state index in [4.69, 9.17) is 0 Å².